The normalized spacial score (nSPS) is 15.3. The Balaban J connectivity index is 0.986. The minimum absolute atomic E-state index is 0.130. The largest absolute Gasteiger partial charge is 0.456 e. The van der Waals surface area contributed by atoms with Crippen molar-refractivity contribution >= 4 is 60.9 Å². The Labute approximate surface area is 332 Å². The number of nitrogens with zero attached hydrogens (tertiary/aromatic N) is 3. The maximum Gasteiger partial charge on any atom is 0.164 e. The molecule has 0 N–H and O–H groups in total. The van der Waals surface area contributed by atoms with Crippen molar-refractivity contribution < 1.29 is 13.3 Å². The van der Waals surface area contributed by atoms with Gasteiger partial charge in [0, 0.05) is 54.6 Å². The van der Waals surface area contributed by atoms with Gasteiger partial charge in [-0.1, -0.05) is 122 Å². The Bertz CT molecular complexity index is 3460. The highest BCUT2D eigenvalue weighted by molar-refractivity contribution is 6.07. The second-order valence-corrected chi connectivity index (χ2v) is 15.5. The van der Waals surface area contributed by atoms with Crippen molar-refractivity contribution in [2.75, 3.05) is 0 Å². The predicted molar refractivity (Wildman–Crippen MR) is 232 cm³/mol. The summed E-state index contributed by atoms with van der Waals surface area (Å²) in [6.45, 7) is 2.29. The minimum atomic E-state index is -0.130. The molecule has 0 saturated heterocycles. The van der Waals surface area contributed by atoms with Crippen LogP contribution in [-0.2, 0) is 11.8 Å². The van der Waals surface area contributed by atoms with Crippen LogP contribution in [-0.4, -0.2) is 15.0 Å². The summed E-state index contributed by atoms with van der Waals surface area (Å²) in [5.74, 6) is 2.58. The molecule has 1 aliphatic rings. The molecule has 7 aromatic carbocycles. The molecule has 6 heteroatoms. The maximum atomic E-state index is 6.53. The Hall–Kier alpha value is -7.57. The lowest BCUT2D eigenvalue weighted by Crippen LogP contribution is -2.24. The van der Waals surface area contributed by atoms with Crippen molar-refractivity contribution in [3.05, 3.63) is 181 Å². The van der Waals surface area contributed by atoms with Gasteiger partial charge in [-0.15, -0.1) is 0 Å². The van der Waals surface area contributed by atoms with E-state index in [0.29, 0.717) is 17.5 Å². The first-order valence-electron chi connectivity index (χ1n) is 19.5. The van der Waals surface area contributed by atoms with E-state index in [-0.39, 0.29) is 5.41 Å². The number of fused-ring (bicyclic) bond motifs is 9. The van der Waals surface area contributed by atoms with E-state index < -0.39 is 0 Å². The summed E-state index contributed by atoms with van der Waals surface area (Å²) in [6, 6.07) is 54.2. The summed E-state index contributed by atoms with van der Waals surface area (Å²) >= 11 is 0. The van der Waals surface area contributed by atoms with Crippen LogP contribution in [0.5, 0.6) is 0 Å². The third kappa shape index (κ3) is 5.22. The molecule has 4 aromatic heterocycles. The van der Waals surface area contributed by atoms with Crippen LogP contribution in [0.15, 0.2) is 177 Å². The molecule has 1 unspecified atom stereocenters. The lowest BCUT2D eigenvalue weighted by Gasteiger charge is -2.29. The molecule has 58 heavy (non-hydrogen) atoms. The maximum absolute atomic E-state index is 6.53. The summed E-state index contributed by atoms with van der Waals surface area (Å²) in [5.41, 5.74) is 11.2. The first kappa shape index (κ1) is 32.7. The Kier molecular flexibility index (Phi) is 7.02. The molecule has 6 nitrogen and oxygen atoms in total. The molecular weight excluding hydrogens is 715 g/mol. The molecule has 0 bridgehead atoms. The van der Waals surface area contributed by atoms with Crippen molar-refractivity contribution in [2.24, 2.45) is 0 Å². The SMILES string of the molecule is CC1(c2ccccc2)C=Cc2oc3cc(-c4nc(-c5cccc(-c6ccc7oc8ccccc8c7c6)c5)nc(-c5ccc6c(c5)oc5ccccc56)n4)ccc3c2C1. The number of aromatic nitrogens is 3. The van der Waals surface area contributed by atoms with E-state index in [0.717, 1.165) is 94.8 Å². The number of rotatable bonds is 5. The van der Waals surface area contributed by atoms with E-state index in [4.69, 9.17) is 28.2 Å². The van der Waals surface area contributed by atoms with Gasteiger partial charge in [0.2, 0.25) is 0 Å². The Morgan fingerprint density at radius 1 is 0.414 bits per heavy atom. The summed E-state index contributed by atoms with van der Waals surface area (Å²) in [4.78, 5) is 15.4. The first-order valence-corrected chi connectivity index (χ1v) is 19.5. The Morgan fingerprint density at radius 2 is 0.948 bits per heavy atom. The van der Waals surface area contributed by atoms with Gasteiger partial charge in [0.1, 0.15) is 33.7 Å². The fourth-order valence-corrected chi connectivity index (χ4v) is 8.70. The van der Waals surface area contributed by atoms with Crippen molar-refractivity contribution in [1.29, 1.82) is 0 Å². The van der Waals surface area contributed by atoms with E-state index in [1.54, 1.807) is 0 Å². The van der Waals surface area contributed by atoms with Crippen LogP contribution in [0.4, 0.5) is 0 Å². The predicted octanol–water partition coefficient (Wildman–Crippen LogP) is 13.6. The summed E-state index contributed by atoms with van der Waals surface area (Å²) < 4.78 is 18.9. The van der Waals surface area contributed by atoms with E-state index in [1.165, 1.54) is 11.1 Å². The molecule has 0 amide bonds. The van der Waals surface area contributed by atoms with Crippen LogP contribution < -0.4 is 0 Å². The molecule has 12 rings (SSSR count). The van der Waals surface area contributed by atoms with Crippen LogP contribution in [0.25, 0.3) is 106 Å². The fourth-order valence-electron chi connectivity index (χ4n) is 8.70. The van der Waals surface area contributed by atoms with E-state index in [9.17, 15) is 0 Å². The molecule has 4 heterocycles. The van der Waals surface area contributed by atoms with Gasteiger partial charge in [0.05, 0.1) is 0 Å². The summed E-state index contributed by atoms with van der Waals surface area (Å²) in [5, 5.41) is 5.41. The smallest absolute Gasteiger partial charge is 0.164 e. The molecule has 274 valence electrons. The van der Waals surface area contributed by atoms with Crippen LogP contribution in [0, 0.1) is 0 Å². The molecule has 11 aromatic rings. The van der Waals surface area contributed by atoms with Crippen molar-refractivity contribution in [3.63, 3.8) is 0 Å². The van der Waals surface area contributed by atoms with Gasteiger partial charge in [0.25, 0.3) is 0 Å². The minimum Gasteiger partial charge on any atom is -0.456 e. The van der Waals surface area contributed by atoms with Crippen LogP contribution in [0.1, 0.15) is 23.8 Å². The van der Waals surface area contributed by atoms with E-state index in [1.807, 2.05) is 48.5 Å². The van der Waals surface area contributed by atoms with Gasteiger partial charge in [-0.3, -0.25) is 0 Å². The van der Waals surface area contributed by atoms with E-state index >= 15 is 0 Å². The molecule has 0 saturated carbocycles. The third-order valence-electron chi connectivity index (χ3n) is 11.8. The average molecular weight is 748 g/mol. The Morgan fingerprint density at radius 3 is 1.69 bits per heavy atom. The van der Waals surface area contributed by atoms with Crippen LogP contribution in [0.2, 0.25) is 0 Å². The zero-order valence-electron chi connectivity index (χ0n) is 31.4. The number of furan rings is 3. The van der Waals surface area contributed by atoms with Gasteiger partial charge < -0.3 is 13.3 Å². The quantitative estimate of drug-likeness (QED) is 0.174. The van der Waals surface area contributed by atoms with E-state index in [2.05, 4.69) is 128 Å². The molecular formula is C52H33N3O3. The molecule has 0 fully saturated rings. The fraction of sp³-hybridized carbons (Fsp3) is 0.0577. The summed E-state index contributed by atoms with van der Waals surface area (Å²) in [7, 11) is 0. The number of hydrogen-bond donors (Lipinski definition) is 0. The lowest BCUT2D eigenvalue weighted by atomic mass is 9.74. The van der Waals surface area contributed by atoms with Gasteiger partial charge in [-0.2, -0.15) is 0 Å². The van der Waals surface area contributed by atoms with Crippen molar-refractivity contribution in [2.45, 2.75) is 18.8 Å². The number of para-hydroxylation sites is 2. The van der Waals surface area contributed by atoms with Crippen LogP contribution >= 0.6 is 0 Å². The molecule has 0 aliphatic heterocycles. The monoisotopic (exact) mass is 747 g/mol. The third-order valence-corrected chi connectivity index (χ3v) is 11.8. The lowest BCUT2D eigenvalue weighted by molar-refractivity contribution is 0.550. The summed E-state index contributed by atoms with van der Waals surface area (Å²) in [6.07, 6.45) is 5.24. The zero-order chi connectivity index (χ0) is 38.4. The number of allylic oxidation sites excluding steroid dienone is 1. The van der Waals surface area contributed by atoms with Crippen molar-refractivity contribution in [3.8, 4) is 45.3 Å². The highest BCUT2D eigenvalue weighted by atomic mass is 16.3. The molecule has 0 radical (unpaired) electrons. The second kappa shape index (κ2) is 12.5. The molecule has 1 aliphatic carbocycles. The number of hydrogen-bond acceptors (Lipinski definition) is 6. The van der Waals surface area contributed by atoms with Crippen molar-refractivity contribution in [1.82, 2.24) is 15.0 Å². The average Bonchev–Trinajstić information content (AvgIpc) is 3.96. The standard InChI is InChI=1S/C52H33N3O3/c1-52(36-12-3-2-4-13-36)25-24-46-42(30-52)40-22-19-35(29-48(40)58-46)51-54-49(53-50(55-51)34-18-21-39-37-14-5-7-16-43(37)57-47(39)28-34)33-11-9-10-31(26-33)32-20-23-45-41(27-32)38-15-6-8-17-44(38)56-45/h2-29H,30H2,1H3. The van der Waals surface area contributed by atoms with Crippen LogP contribution in [0.3, 0.4) is 0 Å². The van der Waals surface area contributed by atoms with Gasteiger partial charge >= 0.3 is 0 Å². The van der Waals surface area contributed by atoms with Gasteiger partial charge in [0.15, 0.2) is 17.5 Å². The molecule has 1 atom stereocenters. The second-order valence-electron chi connectivity index (χ2n) is 15.5. The van der Waals surface area contributed by atoms with Gasteiger partial charge in [-0.05, 0) is 77.7 Å². The highest BCUT2D eigenvalue weighted by Gasteiger charge is 2.31. The number of benzene rings is 7. The topological polar surface area (TPSA) is 78.1 Å². The zero-order valence-corrected chi connectivity index (χ0v) is 31.4. The highest BCUT2D eigenvalue weighted by Crippen LogP contribution is 2.42. The molecule has 0 spiro atoms. The van der Waals surface area contributed by atoms with Gasteiger partial charge in [-0.25, -0.2) is 15.0 Å². The first-order chi connectivity index (χ1) is 28.5.